The lowest BCUT2D eigenvalue weighted by Gasteiger charge is -2.07. The molecule has 4 nitrogen and oxygen atoms in total. The highest BCUT2D eigenvalue weighted by atomic mass is 32.2. The van der Waals surface area contributed by atoms with Crippen LogP contribution in [0, 0.1) is 17.2 Å². The van der Waals surface area contributed by atoms with Crippen molar-refractivity contribution < 1.29 is 9.90 Å². The zero-order chi connectivity index (χ0) is 13.4. The number of nitrogens with zero attached hydrogens (tertiary/aromatic N) is 1. The largest absolute Gasteiger partial charge is 0.396 e. The molecule has 0 aliphatic rings. The number of carbonyl (C=O) groups is 1. The quantitative estimate of drug-likeness (QED) is 0.754. The number of aliphatic hydroxyl groups excluding tert-OH is 1. The zero-order valence-electron chi connectivity index (χ0n) is 10.2. The van der Waals surface area contributed by atoms with Gasteiger partial charge in [-0.25, -0.2) is 0 Å². The van der Waals surface area contributed by atoms with Gasteiger partial charge < -0.3 is 10.4 Å². The molecule has 0 bridgehead atoms. The number of amides is 1. The predicted molar refractivity (Wildman–Crippen MR) is 75.9 cm³/mol. The summed E-state index contributed by atoms with van der Waals surface area (Å²) in [5.74, 6) is 1.77. The SMILES string of the molecule is CC(CO)CSCCC(=O)Nc1sccc1C#N. The van der Waals surface area contributed by atoms with Crippen LogP contribution in [0.5, 0.6) is 0 Å². The number of thioether (sulfide) groups is 1. The third kappa shape index (κ3) is 5.08. The van der Waals surface area contributed by atoms with Crippen LogP contribution in [0.2, 0.25) is 0 Å². The second kappa shape index (κ2) is 8.14. The van der Waals surface area contributed by atoms with Crippen molar-refractivity contribution in [2.24, 2.45) is 5.92 Å². The molecule has 0 aromatic carbocycles. The Bertz CT molecular complexity index is 426. The lowest BCUT2D eigenvalue weighted by molar-refractivity contribution is -0.115. The van der Waals surface area contributed by atoms with Gasteiger partial charge in [0, 0.05) is 18.8 Å². The maximum atomic E-state index is 11.6. The van der Waals surface area contributed by atoms with Crippen molar-refractivity contribution in [1.82, 2.24) is 0 Å². The monoisotopic (exact) mass is 284 g/mol. The molecular formula is C12H16N2O2S2. The van der Waals surface area contributed by atoms with Gasteiger partial charge >= 0.3 is 0 Å². The Morgan fingerprint density at radius 3 is 3.17 bits per heavy atom. The minimum Gasteiger partial charge on any atom is -0.396 e. The molecule has 18 heavy (non-hydrogen) atoms. The Hall–Kier alpha value is -1.03. The Labute approximate surface area is 115 Å². The van der Waals surface area contributed by atoms with Gasteiger partial charge in [-0.05, 0) is 23.1 Å². The Morgan fingerprint density at radius 2 is 2.50 bits per heavy atom. The first-order valence-corrected chi connectivity index (χ1v) is 7.66. The Balaban J connectivity index is 2.24. The summed E-state index contributed by atoms with van der Waals surface area (Å²) in [5.41, 5.74) is 0.509. The first-order chi connectivity index (χ1) is 8.67. The fourth-order valence-corrected chi connectivity index (χ4v) is 2.94. The molecule has 1 unspecified atom stereocenters. The molecule has 0 fully saturated rings. The summed E-state index contributed by atoms with van der Waals surface area (Å²) >= 11 is 3.01. The molecule has 0 spiro atoms. The Morgan fingerprint density at radius 1 is 1.72 bits per heavy atom. The van der Waals surface area contributed by atoms with Crippen LogP contribution in [0.3, 0.4) is 0 Å². The van der Waals surface area contributed by atoms with Crippen molar-refractivity contribution in [2.75, 3.05) is 23.4 Å². The molecule has 1 aromatic heterocycles. The molecule has 1 atom stereocenters. The molecule has 0 saturated heterocycles. The first kappa shape index (κ1) is 15.0. The fraction of sp³-hybridized carbons (Fsp3) is 0.500. The van der Waals surface area contributed by atoms with Crippen LogP contribution in [0.15, 0.2) is 11.4 Å². The van der Waals surface area contributed by atoms with E-state index in [0.717, 1.165) is 11.5 Å². The highest BCUT2D eigenvalue weighted by Crippen LogP contribution is 2.22. The summed E-state index contributed by atoms with van der Waals surface area (Å²) in [4.78, 5) is 11.6. The molecule has 0 aliphatic heterocycles. The van der Waals surface area contributed by atoms with Gasteiger partial charge in [-0.15, -0.1) is 11.3 Å². The standard InChI is InChI=1S/C12H16N2O2S2/c1-9(7-15)8-17-4-3-11(16)14-12-10(6-13)2-5-18-12/h2,5,9,15H,3-4,7-8H2,1H3,(H,14,16). The number of hydrogen-bond donors (Lipinski definition) is 2. The molecule has 6 heteroatoms. The Kier molecular flexibility index (Phi) is 6.80. The topological polar surface area (TPSA) is 73.1 Å². The molecule has 1 heterocycles. The predicted octanol–water partition coefficient (Wildman–Crippen LogP) is 2.31. The van der Waals surface area contributed by atoms with Crippen LogP contribution in [-0.2, 0) is 4.79 Å². The van der Waals surface area contributed by atoms with Gasteiger partial charge in [0.25, 0.3) is 0 Å². The third-order valence-electron chi connectivity index (χ3n) is 2.23. The van der Waals surface area contributed by atoms with E-state index in [1.54, 1.807) is 23.2 Å². The number of nitriles is 1. The van der Waals surface area contributed by atoms with Crippen molar-refractivity contribution in [3.8, 4) is 6.07 Å². The number of carbonyl (C=O) groups excluding carboxylic acids is 1. The minimum absolute atomic E-state index is 0.0712. The smallest absolute Gasteiger partial charge is 0.225 e. The van der Waals surface area contributed by atoms with Gasteiger partial charge in [0.1, 0.15) is 11.1 Å². The number of thiophene rings is 1. The third-order valence-corrected chi connectivity index (χ3v) is 4.35. The van der Waals surface area contributed by atoms with Gasteiger partial charge in [-0.2, -0.15) is 17.0 Å². The maximum absolute atomic E-state index is 11.6. The summed E-state index contributed by atoms with van der Waals surface area (Å²) in [6.45, 7) is 2.15. The maximum Gasteiger partial charge on any atom is 0.225 e. The van der Waals surface area contributed by atoms with Gasteiger partial charge in [-0.1, -0.05) is 6.92 Å². The van der Waals surface area contributed by atoms with Crippen LogP contribution < -0.4 is 5.32 Å². The van der Waals surface area contributed by atoms with Crippen molar-refractivity contribution >= 4 is 34.0 Å². The summed E-state index contributed by atoms with van der Waals surface area (Å²) in [6.07, 6.45) is 0.422. The average Bonchev–Trinajstić information content (AvgIpc) is 2.81. The van der Waals surface area contributed by atoms with E-state index >= 15 is 0 Å². The number of nitrogens with one attached hydrogen (secondary N) is 1. The molecule has 0 radical (unpaired) electrons. The van der Waals surface area contributed by atoms with Crippen LogP contribution >= 0.6 is 23.1 Å². The van der Waals surface area contributed by atoms with Gasteiger partial charge in [0.15, 0.2) is 0 Å². The summed E-state index contributed by atoms with van der Waals surface area (Å²) < 4.78 is 0. The van der Waals surface area contributed by atoms with E-state index in [0.29, 0.717) is 17.0 Å². The highest BCUT2D eigenvalue weighted by Gasteiger charge is 2.08. The highest BCUT2D eigenvalue weighted by molar-refractivity contribution is 7.99. The number of rotatable bonds is 7. The number of anilines is 1. The minimum atomic E-state index is -0.0712. The number of hydrogen-bond acceptors (Lipinski definition) is 5. The normalized spacial score (nSPS) is 11.8. The van der Waals surface area contributed by atoms with E-state index in [2.05, 4.69) is 5.32 Å². The van der Waals surface area contributed by atoms with E-state index in [1.807, 2.05) is 13.0 Å². The van der Waals surface area contributed by atoms with E-state index in [1.165, 1.54) is 11.3 Å². The first-order valence-electron chi connectivity index (χ1n) is 5.63. The second-order valence-corrected chi connectivity index (χ2v) is 6.00. The van der Waals surface area contributed by atoms with Gasteiger partial charge in [0.05, 0.1) is 5.56 Å². The molecule has 2 N–H and O–H groups in total. The lowest BCUT2D eigenvalue weighted by Crippen LogP contribution is -2.12. The summed E-state index contributed by atoms with van der Waals surface area (Å²) in [5, 5.41) is 22.8. The van der Waals surface area contributed by atoms with Crippen molar-refractivity contribution in [1.29, 1.82) is 5.26 Å². The van der Waals surface area contributed by atoms with E-state index < -0.39 is 0 Å². The number of aliphatic hydroxyl groups is 1. The molecule has 0 aliphatic carbocycles. The van der Waals surface area contributed by atoms with Crippen molar-refractivity contribution in [2.45, 2.75) is 13.3 Å². The van der Waals surface area contributed by atoms with Crippen LogP contribution in [0.25, 0.3) is 0 Å². The van der Waals surface area contributed by atoms with Crippen LogP contribution in [0.4, 0.5) is 5.00 Å². The fourth-order valence-electron chi connectivity index (χ4n) is 1.19. The van der Waals surface area contributed by atoms with E-state index in [-0.39, 0.29) is 18.4 Å². The second-order valence-electron chi connectivity index (χ2n) is 3.94. The average molecular weight is 284 g/mol. The molecule has 0 saturated carbocycles. The summed E-state index contributed by atoms with van der Waals surface area (Å²) in [7, 11) is 0. The molecule has 1 rings (SSSR count). The molecular weight excluding hydrogens is 268 g/mol. The lowest BCUT2D eigenvalue weighted by atomic mass is 10.2. The molecule has 1 amide bonds. The van der Waals surface area contributed by atoms with Crippen LogP contribution in [0.1, 0.15) is 18.9 Å². The van der Waals surface area contributed by atoms with E-state index in [4.69, 9.17) is 10.4 Å². The van der Waals surface area contributed by atoms with Crippen LogP contribution in [-0.4, -0.2) is 29.1 Å². The van der Waals surface area contributed by atoms with Crippen molar-refractivity contribution in [3.63, 3.8) is 0 Å². The van der Waals surface area contributed by atoms with E-state index in [9.17, 15) is 4.79 Å². The van der Waals surface area contributed by atoms with Crippen molar-refractivity contribution in [3.05, 3.63) is 17.0 Å². The van der Waals surface area contributed by atoms with Gasteiger partial charge in [-0.3, -0.25) is 4.79 Å². The van der Waals surface area contributed by atoms with Gasteiger partial charge in [0.2, 0.25) is 5.91 Å². The zero-order valence-corrected chi connectivity index (χ0v) is 11.8. The summed E-state index contributed by atoms with van der Waals surface area (Å²) in [6, 6.07) is 3.73. The molecule has 1 aromatic rings. The molecule has 98 valence electrons.